The Labute approximate surface area is 173 Å². The molecule has 0 saturated heterocycles. The number of hydrogen-bond acceptors (Lipinski definition) is 5. The SMILES string of the molecule is CCC(C#N)(Cn1nc2ccc(Cl)cc2n1)c1cc(OC(F)(F)F)ccc1C(N)=O. The fraction of sp³-hybridized carbons (Fsp3) is 0.263. The van der Waals surface area contributed by atoms with Crippen LogP contribution in [0.2, 0.25) is 5.02 Å². The molecule has 30 heavy (non-hydrogen) atoms. The van der Waals surface area contributed by atoms with Gasteiger partial charge in [0.25, 0.3) is 0 Å². The largest absolute Gasteiger partial charge is 0.573 e. The lowest BCUT2D eigenvalue weighted by atomic mass is 9.77. The second kappa shape index (κ2) is 7.84. The van der Waals surface area contributed by atoms with Crippen LogP contribution in [-0.4, -0.2) is 27.3 Å². The average molecular weight is 438 g/mol. The molecule has 0 aliphatic carbocycles. The van der Waals surface area contributed by atoms with Crippen LogP contribution < -0.4 is 10.5 Å². The van der Waals surface area contributed by atoms with E-state index in [2.05, 4.69) is 21.0 Å². The molecule has 0 bridgehead atoms. The van der Waals surface area contributed by atoms with Gasteiger partial charge in [-0.15, -0.1) is 13.2 Å². The van der Waals surface area contributed by atoms with Crippen molar-refractivity contribution in [3.8, 4) is 11.8 Å². The molecule has 1 amide bonds. The summed E-state index contributed by atoms with van der Waals surface area (Å²) < 4.78 is 42.0. The number of nitriles is 1. The molecule has 0 spiro atoms. The summed E-state index contributed by atoms with van der Waals surface area (Å²) in [5, 5.41) is 19.0. The lowest BCUT2D eigenvalue weighted by Gasteiger charge is -2.27. The van der Waals surface area contributed by atoms with Crippen LogP contribution in [0.5, 0.6) is 5.75 Å². The zero-order valence-corrected chi connectivity index (χ0v) is 16.3. The van der Waals surface area contributed by atoms with E-state index in [0.717, 1.165) is 18.2 Å². The number of rotatable bonds is 6. The molecule has 156 valence electrons. The molecule has 0 aliphatic heterocycles. The lowest BCUT2D eigenvalue weighted by molar-refractivity contribution is -0.274. The number of benzene rings is 2. The number of carbonyl (C=O) groups is 1. The Morgan fingerprint density at radius 1 is 1.23 bits per heavy atom. The third kappa shape index (κ3) is 4.31. The summed E-state index contributed by atoms with van der Waals surface area (Å²) in [5.41, 5.74) is 4.87. The number of nitrogens with zero attached hydrogens (tertiary/aromatic N) is 4. The van der Waals surface area contributed by atoms with E-state index in [-0.39, 0.29) is 24.1 Å². The quantitative estimate of drug-likeness (QED) is 0.628. The zero-order chi connectivity index (χ0) is 22.1. The highest BCUT2D eigenvalue weighted by molar-refractivity contribution is 6.31. The number of primary amides is 1. The molecule has 3 rings (SSSR count). The fourth-order valence-corrected chi connectivity index (χ4v) is 3.30. The van der Waals surface area contributed by atoms with Gasteiger partial charge in [0.05, 0.1) is 12.6 Å². The third-order valence-corrected chi connectivity index (χ3v) is 4.85. The molecular weight excluding hydrogens is 423 g/mol. The van der Waals surface area contributed by atoms with Crippen LogP contribution in [-0.2, 0) is 12.0 Å². The van der Waals surface area contributed by atoms with Crippen LogP contribution in [0.1, 0.15) is 29.3 Å². The monoisotopic (exact) mass is 437 g/mol. The standard InChI is InChI=1S/C19H15ClF3N5O2/c1-2-18(9-24,10-28-26-15-6-3-11(20)7-16(15)27-28)14-8-12(30-19(21,22)23)4-5-13(14)17(25)29/h3-8H,2,10H2,1H3,(H2,25,29). The average Bonchev–Trinajstić information content (AvgIpc) is 3.06. The maximum atomic E-state index is 12.7. The minimum absolute atomic E-state index is 0.00105. The van der Waals surface area contributed by atoms with E-state index >= 15 is 0 Å². The van der Waals surface area contributed by atoms with Crippen molar-refractivity contribution in [1.82, 2.24) is 15.0 Å². The number of amides is 1. The smallest absolute Gasteiger partial charge is 0.406 e. The maximum absolute atomic E-state index is 12.7. The second-order valence-corrected chi connectivity index (χ2v) is 6.97. The van der Waals surface area contributed by atoms with Gasteiger partial charge in [-0.1, -0.05) is 18.5 Å². The highest BCUT2D eigenvalue weighted by Gasteiger charge is 2.37. The number of fused-ring (bicyclic) bond motifs is 1. The Balaban J connectivity index is 2.12. The summed E-state index contributed by atoms with van der Waals surface area (Å²) in [6.07, 6.45) is -4.80. The van der Waals surface area contributed by atoms with Crippen LogP contribution in [0.3, 0.4) is 0 Å². The van der Waals surface area contributed by atoms with Crippen molar-refractivity contribution >= 4 is 28.5 Å². The van der Waals surface area contributed by atoms with Crippen molar-refractivity contribution in [3.63, 3.8) is 0 Å². The molecular formula is C19H15ClF3N5O2. The number of nitrogens with two attached hydrogens (primary N) is 1. The molecule has 1 atom stereocenters. The molecule has 11 heteroatoms. The predicted molar refractivity (Wildman–Crippen MR) is 102 cm³/mol. The van der Waals surface area contributed by atoms with Crippen molar-refractivity contribution in [2.45, 2.75) is 31.7 Å². The lowest BCUT2D eigenvalue weighted by Crippen LogP contribution is -2.33. The van der Waals surface area contributed by atoms with Crippen molar-refractivity contribution in [2.75, 3.05) is 0 Å². The van der Waals surface area contributed by atoms with Crippen molar-refractivity contribution in [1.29, 1.82) is 5.26 Å². The van der Waals surface area contributed by atoms with Gasteiger partial charge in [-0.2, -0.15) is 20.3 Å². The van der Waals surface area contributed by atoms with Gasteiger partial charge in [-0.05, 0) is 48.4 Å². The summed E-state index contributed by atoms with van der Waals surface area (Å²) in [6.45, 7) is 1.52. The van der Waals surface area contributed by atoms with E-state index < -0.39 is 23.4 Å². The Bertz CT molecular complexity index is 1160. The van der Waals surface area contributed by atoms with Gasteiger partial charge < -0.3 is 10.5 Å². The topological polar surface area (TPSA) is 107 Å². The van der Waals surface area contributed by atoms with Crippen LogP contribution >= 0.6 is 11.6 Å². The van der Waals surface area contributed by atoms with E-state index in [1.54, 1.807) is 25.1 Å². The molecule has 7 nitrogen and oxygen atoms in total. The molecule has 0 radical (unpaired) electrons. The summed E-state index contributed by atoms with van der Waals surface area (Å²) in [4.78, 5) is 13.2. The first-order valence-electron chi connectivity index (χ1n) is 8.68. The molecule has 2 aromatic carbocycles. The minimum Gasteiger partial charge on any atom is -0.406 e. The molecule has 1 heterocycles. The van der Waals surface area contributed by atoms with E-state index in [1.807, 2.05) is 0 Å². The van der Waals surface area contributed by atoms with E-state index in [0.29, 0.717) is 16.1 Å². The van der Waals surface area contributed by atoms with E-state index in [9.17, 15) is 23.2 Å². The van der Waals surface area contributed by atoms with Gasteiger partial charge >= 0.3 is 6.36 Å². The summed E-state index contributed by atoms with van der Waals surface area (Å²) >= 11 is 5.95. The first-order chi connectivity index (χ1) is 14.1. The van der Waals surface area contributed by atoms with Crippen LogP contribution in [0.15, 0.2) is 36.4 Å². The summed E-state index contributed by atoms with van der Waals surface area (Å²) in [7, 11) is 0. The van der Waals surface area contributed by atoms with Gasteiger partial charge in [0, 0.05) is 10.6 Å². The van der Waals surface area contributed by atoms with Gasteiger partial charge in [-0.25, -0.2) is 0 Å². The molecule has 0 aliphatic rings. The van der Waals surface area contributed by atoms with Crippen LogP contribution in [0.25, 0.3) is 11.0 Å². The van der Waals surface area contributed by atoms with Crippen LogP contribution in [0.4, 0.5) is 13.2 Å². The fourth-order valence-electron chi connectivity index (χ4n) is 3.14. The Morgan fingerprint density at radius 3 is 2.53 bits per heavy atom. The maximum Gasteiger partial charge on any atom is 0.573 e. The summed E-state index contributed by atoms with van der Waals surface area (Å²) in [6, 6.07) is 10.0. The summed E-state index contributed by atoms with van der Waals surface area (Å²) in [5.74, 6) is -1.46. The Morgan fingerprint density at radius 2 is 1.93 bits per heavy atom. The molecule has 3 aromatic rings. The molecule has 2 N–H and O–H groups in total. The zero-order valence-electron chi connectivity index (χ0n) is 15.6. The number of halogens is 4. The third-order valence-electron chi connectivity index (χ3n) is 4.62. The number of hydrogen-bond donors (Lipinski definition) is 1. The van der Waals surface area contributed by atoms with Crippen LogP contribution in [0, 0.1) is 11.3 Å². The molecule has 1 aromatic heterocycles. The molecule has 1 unspecified atom stereocenters. The number of aromatic nitrogens is 3. The van der Waals surface area contributed by atoms with Crippen molar-refractivity contribution in [3.05, 3.63) is 52.5 Å². The van der Waals surface area contributed by atoms with Gasteiger partial charge in [0.15, 0.2) is 0 Å². The normalized spacial score (nSPS) is 13.6. The first kappa shape index (κ1) is 21.4. The van der Waals surface area contributed by atoms with Gasteiger partial charge in [0.2, 0.25) is 5.91 Å². The van der Waals surface area contributed by atoms with Gasteiger partial charge in [0.1, 0.15) is 22.2 Å². The Kier molecular flexibility index (Phi) is 5.59. The molecule has 0 saturated carbocycles. The molecule has 0 fully saturated rings. The van der Waals surface area contributed by atoms with Crippen molar-refractivity contribution < 1.29 is 22.7 Å². The van der Waals surface area contributed by atoms with E-state index in [4.69, 9.17) is 17.3 Å². The number of carbonyl (C=O) groups excluding carboxylic acids is 1. The predicted octanol–water partition coefficient (Wildman–Crippen LogP) is 3.95. The van der Waals surface area contributed by atoms with E-state index in [1.165, 1.54) is 4.80 Å². The van der Waals surface area contributed by atoms with Gasteiger partial charge in [-0.3, -0.25) is 4.79 Å². The first-order valence-corrected chi connectivity index (χ1v) is 9.06. The second-order valence-electron chi connectivity index (χ2n) is 6.53. The minimum atomic E-state index is -4.94. The number of ether oxygens (including phenoxy) is 1. The van der Waals surface area contributed by atoms with Crippen molar-refractivity contribution in [2.24, 2.45) is 5.73 Å². The number of alkyl halides is 3. The highest BCUT2D eigenvalue weighted by Crippen LogP contribution is 2.36. The Hall–Kier alpha value is -3.32. The highest BCUT2D eigenvalue weighted by atomic mass is 35.5.